The molecule has 4 rings (SSSR count). The lowest BCUT2D eigenvalue weighted by Gasteiger charge is -2.36. The molecule has 166 valence electrons. The molecule has 2 heterocycles. The van der Waals surface area contributed by atoms with Gasteiger partial charge in [-0.1, -0.05) is 31.0 Å². The van der Waals surface area contributed by atoms with Gasteiger partial charge in [0.25, 0.3) is 0 Å². The van der Waals surface area contributed by atoms with Crippen LogP contribution in [-0.4, -0.2) is 67.7 Å². The number of nitrogens with zero attached hydrogens (tertiary/aromatic N) is 2. The van der Waals surface area contributed by atoms with Crippen molar-refractivity contribution in [3.8, 4) is 0 Å². The predicted octanol–water partition coefficient (Wildman–Crippen LogP) is 4.33. The number of nitrogens with one attached hydrogen (secondary N) is 1. The van der Waals surface area contributed by atoms with Crippen molar-refractivity contribution in [2.24, 2.45) is 4.99 Å². The van der Waals surface area contributed by atoms with Crippen molar-refractivity contribution in [3.63, 3.8) is 0 Å². The molecule has 0 bridgehead atoms. The Labute approximate surface area is 186 Å². The minimum absolute atomic E-state index is 0.278. The van der Waals surface area contributed by atoms with Crippen LogP contribution in [-0.2, 0) is 9.47 Å². The van der Waals surface area contributed by atoms with Gasteiger partial charge in [0.05, 0.1) is 18.8 Å². The molecule has 5 nitrogen and oxygen atoms in total. The molecule has 2 aliphatic heterocycles. The molecule has 0 aromatic heterocycles. The molecular formula is C24H37N3O2S. The van der Waals surface area contributed by atoms with Crippen LogP contribution < -0.4 is 5.32 Å². The van der Waals surface area contributed by atoms with Crippen molar-refractivity contribution in [2.75, 3.05) is 39.9 Å². The van der Waals surface area contributed by atoms with Crippen molar-refractivity contribution in [2.45, 2.75) is 73.2 Å². The van der Waals surface area contributed by atoms with E-state index in [-0.39, 0.29) is 4.75 Å². The fourth-order valence-electron chi connectivity index (χ4n) is 4.90. The molecule has 1 N–H and O–H groups in total. The molecular weight excluding hydrogens is 394 g/mol. The number of aliphatic imine (C=N–C) groups is 1. The van der Waals surface area contributed by atoms with E-state index in [1.807, 2.05) is 18.8 Å². The van der Waals surface area contributed by atoms with Crippen LogP contribution in [0.1, 0.15) is 51.4 Å². The van der Waals surface area contributed by atoms with Gasteiger partial charge in [0.2, 0.25) is 0 Å². The summed E-state index contributed by atoms with van der Waals surface area (Å²) in [5, 5.41) is 3.73. The van der Waals surface area contributed by atoms with E-state index in [1.54, 1.807) is 0 Å². The van der Waals surface area contributed by atoms with Crippen molar-refractivity contribution in [3.05, 3.63) is 30.3 Å². The van der Waals surface area contributed by atoms with E-state index in [0.29, 0.717) is 12.2 Å². The van der Waals surface area contributed by atoms with E-state index < -0.39 is 0 Å². The third kappa shape index (κ3) is 5.92. The largest absolute Gasteiger partial charge is 0.376 e. The maximum absolute atomic E-state index is 6.14. The van der Waals surface area contributed by atoms with Crippen molar-refractivity contribution in [1.29, 1.82) is 0 Å². The SMILES string of the molecule is CN=C(NCC1(Sc2ccccc2)CCCC1)N1CCC(OCC2CCCO2)CC1. The van der Waals surface area contributed by atoms with Gasteiger partial charge < -0.3 is 19.7 Å². The van der Waals surface area contributed by atoms with E-state index in [4.69, 9.17) is 9.47 Å². The van der Waals surface area contributed by atoms with E-state index in [9.17, 15) is 0 Å². The minimum atomic E-state index is 0.278. The van der Waals surface area contributed by atoms with Gasteiger partial charge in [-0.05, 0) is 50.7 Å². The van der Waals surface area contributed by atoms with Crippen LogP contribution in [0.2, 0.25) is 0 Å². The second-order valence-corrected chi connectivity index (χ2v) is 10.4. The molecule has 1 saturated carbocycles. The van der Waals surface area contributed by atoms with Crippen molar-refractivity contribution < 1.29 is 9.47 Å². The van der Waals surface area contributed by atoms with Crippen molar-refractivity contribution in [1.82, 2.24) is 10.2 Å². The Morgan fingerprint density at radius 3 is 2.60 bits per heavy atom. The van der Waals surface area contributed by atoms with E-state index >= 15 is 0 Å². The Hall–Kier alpha value is -1.24. The number of benzene rings is 1. The minimum Gasteiger partial charge on any atom is -0.376 e. The smallest absolute Gasteiger partial charge is 0.193 e. The van der Waals surface area contributed by atoms with Crippen LogP contribution in [0.4, 0.5) is 0 Å². The highest BCUT2D eigenvalue weighted by atomic mass is 32.2. The third-order valence-electron chi connectivity index (χ3n) is 6.66. The summed E-state index contributed by atoms with van der Waals surface area (Å²) in [5.74, 6) is 1.05. The van der Waals surface area contributed by atoms with E-state index in [1.165, 1.54) is 37.0 Å². The summed E-state index contributed by atoms with van der Waals surface area (Å²) in [4.78, 5) is 8.39. The molecule has 3 aliphatic rings. The van der Waals surface area contributed by atoms with E-state index in [0.717, 1.165) is 58.1 Å². The molecule has 2 saturated heterocycles. The zero-order valence-corrected chi connectivity index (χ0v) is 19.2. The number of rotatable bonds is 7. The zero-order valence-electron chi connectivity index (χ0n) is 18.4. The number of thioether (sulfide) groups is 1. The average molecular weight is 432 g/mol. The first-order valence-corrected chi connectivity index (χ1v) is 12.5. The molecule has 3 fully saturated rings. The van der Waals surface area contributed by atoms with Gasteiger partial charge in [-0.3, -0.25) is 4.99 Å². The molecule has 0 amide bonds. The molecule has 0 spiro atoms. The van der Waals surface area contributed by atoms with Gasteiger partial charge >= 0.3 is 0 Å². The Bertz CT molecular complexity index is 664. The van der Waals surface area contributed by atoms with Crippen LogP contribution >= 0.6 is 11.8 Å². The molecule has 1 unspecified atom stereocenters. The molecule has 1 aliphatic carbocycles. The number of likely N-dealkylation sites (tertiary alicyclic amines) is 1. The van der Waals surface area contributed by atoms with Gasteiger partial charge in [-0.15, -0.1) is 11.8 Å². The van der Waals surface area contributed by atoms with Crippen LogP contribution in [0.5, 0.6) is 0 Å². The highest BCUT2D eigenvalue weighted by Gasteiger charge is 2.35. The summed E-state index contributed by atoms with van der Waals surface area (Å²) in [6.07, 6.45) is 10.3. The summed E-state index contributed by atoms with van der Waals surface area (Å²) in [7, 11) is 1.91. The molecule has 1 aromatic rings. The Morgan fingerprint density at radius 1 is 1.17 bits per heavy atom. The van der Waals surface area contributed by atoms with Gasteiger partial charge in [-0.2, -0.15) is 0 Å². The van der Waals surface area contributed by atoms with Gasteiger partial charge in [0, 0.05) is 42.9 Å². The lowest BCUT2D eigenvalue weighted by molar-refractivity contribution is -0.0367. The molecule has 1 aromatic carbocycles. The second kappa shape index (κ2) is 10.9. The molecule has 1 atom stereocenters. The third-order valence-corrected chi connectivity index (χ3v) is 8.15. The number of hydrogen-bond acceptors (Lipinski definition) is 4. The van der Waals surface area contributed by atoms with Crippen LogP contribution in [0.15, 0.2) is 40.2 Å². The second-order valence-electron chi connectivity index (χ2n) is 8.86. The molecule has 6 heteroatoms. The monoisotopic (exact) mass is 431 g/mol. The molecule has 30 heavy (non-hydrogen) atoms. The Balaban J connectivity index is 1.25. The van der Waals surface area contributed by atoms with Crippen molar-refractivity contribution >= 4 is 17.7 Å². The lowest BCUT2D eigenvalue weighted by atomic mass is 10.1. The lowest BCUT2D eigenvalue weighted by Crippen LogP contribution is -2.50. The predicted molar refractivity (Wildman–Crippen MR) is 124 cm³/mol. The summed E-state index contributed by atoms with van der Waals surface area (Å²) in [6.45, 7) is 4.66. The average Bonchev–Trinajstić information content (AvgIpc) is 3.47. The number of piperidine rings is 1. The van der Waals surface area contributed by atoms with Gasteiger partial charge in [0.1, 0.15) is 0 Å². The highest BCUT2D eigenvalue weighted by Crippen LogP contribution is 2.44. The fraction of sp³-hybridized carbons (Fsp3) is 0.708. The first kappa shape index (κ1) is 22.0. The maximum atomic E-state index is 6.14. The first-order chi connectivity index (χ1) is 14.8. The fourth-order valence-corrected chi connectivity index (χ4v) is 6.33. The number of guanidine groups is 1. The highest BCUT2D eigenvalue weighted by molar-refractivity contribution is 8.00. The topological polar surface area (TPSA) is 46.1 Å². The van der Waals surface area contributed by atoms with Crippen LogP contribution in [0.25, 0.3) is 0 Å². The van der Waals surface area contributed by atoms with Gasteiger partial charge in [0.15, 0.2) is 5.96 Å². The van der Waals surface area contributed by atoms with Gasteiger partial charge in [-0.25, -0.2) is 0 Å². The molecule has 0 radical (unpaired) electrons. The number of ether oxygens (including phenoxy) is 2. The summed E-state index contributed by atoms with van der Waals surface area (Å²) >= 11 is 2.05. The summed E-state index contributed by atoms with van der Waals surface area (Å²) in [6, 6.07) is 10.9. The zero-order chi connectivity index (χ0) is 20.7. The quantitative estimate of drug-likeness (QED) is 0.514. The number of hydrogen-bond donors (Lipinski definition) is 1. The van der Waals surface area contributed by atoms with Crippen LogP contribution in [0.3, 0.4) is 0 Å². The van der Waals surface area contributed by atoms with Crippen LogP contribution in [0, 0.1) is 0 Å². The Kier molecular flexibility index (Phi) is 7.96. The first-order valence-electron chi connectivity index (χ1n) is 11.7. The summed E-state index contributed by atoms with van der Waals surface area (Å²) in [5.41, 5.74) is 0. The maximum Gasteiger partial charge on any atom is 0.193 e. The Morgan fingerprint density at radius 2 is 1.93 bits per heavy atom. The van der Waals surface area contributed by atoms with E-state index in [2.05, 4.69) is 45.5 Å². The summed E-state index contributed by atoms with van der Waals surface area (Å²) < 4.78 is 12.1. The normalized spacial score (nSPS) is 25.0. The standard InChI is InChI=1S/C24H37N3O2S/c1-25-23(27-15-11-20(12-16-27)29-18-21-8-7-17-28-21)26-19-24(13-5-6-14-24)30-22-9-3-2-4-10-22/h2-4,9-10,20-21H,5-8,11-19H2,1H3,(H,25,26).